The van der Waals surface area contributed by atoms with E-state index in [1.807, 2.05) is 27.2 Å². The van der Waals surface area contributed by atoms with E-state index >= 15 is 0 Å². The quantitative estimate of drug-likeness (QED) is 0.0253. The van der Waals surface area contributed by atoms with Crippen LogP contribution in [0.4, 0.5) is 0 Å². The number of unbranched alkanes of at least 4 members (excludes halogenated alkanes) is 20. The number of rotatable bonds is 37. The molecule has 0 aromatic carbocycles. The van der Waals surface area contributed by atoms with Crippen molar-refractivity contribution in [2.45, 2.75) is 187 Å². The molecule has 0 saturated carbocycles. The van der Waals surface area contributed by atoms with Crippen molar-refractivity contribution in [3.8, 4) is 0 Å². The van der Waals surface area contributed by atoms with Gasteiger partial charge in [0.1, 0.15) is 13.2 Å². The van der Waals surface area contributed by atoms with Gasteiger partial charge in [-0.15, -0.1) is 0 Å². The van der Waals surface area contributed by atoms with Crippen LogP contribution >= 0.6 is 7.82 Å². The number of hydrogen-bond acceptors (Lipinski definition) is 5. The van der Waals surface area contributed by atoms with E-state index in [0.717, 1.165) is 38.5 Å². The highest BCUT2D eigenvalue weighted by Gasteiger charge is 2.27. The minimum absolute atomic E-state index is 0.0554. The van der Waals surface area contributed by atoms with E-state index in [4.69, 9.17) is 9.05 Å². The number of phosphoric acid groups is 1. The number of aliphatic hydroxyl groups excluding tert-OH is 1. The molecule has 1 amide bonds. The lowest BCUT2D eigenvalue weighted by Gasteiger charge is -2.25. The zero-order valence-electron chi connectivity index (χ0n) is 33.8. The summed E-state index contributed by atoms with van der Waals surface area (Å²) in [5.74, 6) is -0.193. The number of amides is 1. The normalized spacial score (nSPS) is 14.9. The summed E-state index contributed by atoms with van der Waals surface area (Å²) in [4.78, 5) is 23.0. The van der Waals surface area contributed by atoms with E-state index in [9.17, 15) is 19.4 Å². The van der Waals surface area contributed by atoms with Gasteiger partial charge in [-0.25, -0.2) is 4.57 Å². The smallest absolute Gasteiger partial charge is 0.387 e. The molecule has 3 atom stereocenters. The number of likely N-dealkylation sites (N-methyl/N-ethyl adjacent to an activating group) is 1. The summed E-state index contributed by atoms with van der Waals surface area (Å²) in [5, 5.41) is 13.7. The zero-order chi connectivity index (χ0) is 37.9. The van der Waals surface area contributed by atoms with Crippen LogP contribution in [-0.2, 0) is 18.4 Å². The van der Waals surface area contributed by atoms with Crippen molar-refractivity contribution in [3.05, 3.63) is 36.5 Å². The first-order valence-electron chi connectivity index (χ1n) is 20.9. The fourth-order valence-corrected chi connectivity index (χ4v) is 6.43. The number of allylic oxidation sites excluding steroid dienone is 5. The molecule has 1 unspecified atom stereocenters. The zero-order valence-corrected chi connectivity index (χ0v) is 34.7. The van der Waals surface area contributed by atoms with Gasteiger partial charge in [-0.2, -0.15) is 0 Å². The third kappa shape index (κ3) is 36.9. The number of hydrogen-bond donors (Lipinski definition) is 3. The largest absolute Gasteiger partial charge is 0.472 e. The lowest BCUT2D eigenvalue weighted by molar-refractivity contribution is -0.870. The monoisotopic (exact) mass is 742 g/mol. The summed E-state index contributed by atoms with van der Waals surface area (Å²) in [6.45, 7) is 4.74. The van der Waals surface area contributed by atoms with Crippen molar-refractivity contribution >= 4 is 13.7 Å². The van der Waals surface area contributed by atoms with E-state index in [2.05, 4.69) is 43.5 Å². The predicted octanol–water partition coefficient (Wildman–Crippen LogP) is 11.1. The minimum Gasteiger partial charge on any atom is -0.387 e. The topological polar surface area (TPSA) is 105 Å². The molecule has 0 fully saturated rings. The van der Waals surface area contributed by atoms with Crippen LogP contribution in [0.1, 0.15) is 174 Å². The van der Waals surface area contributed by atoms with E-state index in [0.29, 0.717) is 17.4 Å². The lowest BCUT2D eigenvalue weighted by Crippen LogP contribution is -2.45. The molecule has 0 bridgehead atoms. The van der Waals surface area contributed by atoms with Gasteiger partial charge in [-0.05, 0) is 57.8 Å². The van der Waals surface area contributed by atoms with Gasteiger partial charge >= 0.3 is 7.82 Å². The van der Waals surface area contributed by atoms with Gasteiger partial charge < -0.3 is 19.8 Å². The number of aliphatic hydroxyl groups is 1. The van der Waals surface area contributed by atoms with Crippen molar-refractivity contribution in [2.75, 3.05) is 40.9 Å². The Morgan fingerprint density at radius 2 is 1.08 bits per heavy atom. The maximum atomic E-state index is 12.8. The Kier molecular flexibility index (Phi) is 33.6. The molecule has 0 aliphatic rings. The van der Waals surface area contributed by atoms with Crippen molar-refractivity contribution < 1.29 is 32.9 Å². The van der Waals surface area contributed by atoms with E-state index in [1.54, 1.807) is 6.08 Å². The first-order chi connectivity index (χ1) is 24.5. The Bertz CT molecular complexity index is 933. The van der Waals surface area contributed by atoms with Crippen molar-refractivity contribution in [1.82, 2.24) is 5.32 Å². The maximum absolute atomic E-state index is 12.8. The summed E-state index contributed by atoms with van der Waals surface area (Å²) < 4.78 is 23.4. The Morgan fingerprint density at radius 1 is 0.647 bits per heavy atom. The SMILES string of the molecule is CCCCCC/C=C/CC/C=C/[C@@H](O)[C@H](COP(=O)(O)OCC[N+](C)(C)C)NC(=O)CCCCCCCCCCC/C=C/CCCCCCCC. The molecule has 0 aromatic rings. The van der Waals surface area contributed by atoms with Crippen LogP contribution in [-0.4, -0.2) is 73.4 Å². The van der Waals surface area contributed by atoms with Crippen LogP contribution in [0.25, 0.3) is 0 Å². The molecule has 0 heterocycles. The fraction of sp³-hybridized carbons (Fsp3) is 0.833. The molecule has 51 heavy (non-hydrogen) atoms. The van der Waals surface area contributed by atoms with E-state index < -0.39 is 20.0 Å². The molecule has 0 aliphatic heterocycles. The van der Waals surface area contributed by atoms with Crippen molar-refractivity contribution in [3.63, 3.8) is 0 Å². The summed E-state index contributed by atoms with van der Waals surface area (Å²) in [7, 11) is 1.55. The van der Waals surface area contributed by atoms with Crippen molar-refractivity contribution in [1.29, 1.82) is 0 Å². The van der Waals surface area contributed by atoms with Crippen LogP contribution in [0.3, 0.4) is 0 Å². The summed E-state index contributed by atoms with van der Waals surface area (Å²) in [6.07, 6.45) is 40.7. The van der Waals surface area contributed by atoms with Crippen LogP contribution in [0.2, 0.25) is 0 Å². The van der Waals surface area contributed by atoms with E-state index in [-0.39, 0.29) is 19.1 Å². The predicted molar refractivity (Wildman–Crippen MR) is 217 cm³/mol. The molecule has 3 N–H and O–H groups in total. The van der Waals surface area contributed by atoms with Gasteiger partial charge in [-0.3, -0.25) is 13.8 Å². The number of carbonyl (C=O) groups is 1. The van der Waals surface area contributed by atoms with Crippen LogP contribution in [0.5, 0.6) is 0 Å². The van der Waals surface area contributed by atoms with Gasteiger partial charge in [0.05, 0.1) is 39.9 Å². The third-order valence-corrected chi connectivity index (χ3v) is 10.1. The second-order valence-corrected chi connectivity index (χ2v) is 16.8. The van der Waals surface area contributed by atoms with Gasteiger partial charge in [0.25, 0.3) is 0 Å². The van der Waals surface area contributed by atoms with Gasteiger partial charge in [-0.1, -0.05) is 147 Å². The molecule has 0 radical (unpaired) electrons. The first kappa shape index (κ1) is 49.7. The summed E-state index contributed by atoms with van der Waals surface area (Å²) in [6, 6.07) is -0.860. The molecule has 0 aliphatic carbocycles. The fourth-order valence-electron chi connectivity index (χ4n) is 5.70. The Hall–Kier alpha value is -1.28. The molecule has 0 saturated heterocycles. The maximum Gasteiger partial charge on any atom is 0.472 e. The molecule has 9 heteroatoms. The van der Waals surface area contributed by atoms with Gasteiger partial charge in [0.15, 0.2) is 0 Å². The highest BCUT2D eigenvalue weighted by atomic mass is 31.2. The average molecular weight is 742 g/mol. The highest BCUT2D eigenvalue weighted by molar-refractivity contribution is 7.47. The molecule has 0 rings (SSSR count). The Morgan fingerprint density at radius 3 is 1.59 bits per heavy atom. The van der Waals surface area contributed by atoms with Crippen LogP contribution in [0, 0.1) is 0 Å². The molecule has 8 nitrogen and oxygen atoms in total. The molecule has 0 aromatic heterocycles. The summed E-state index contributed by atoms with van der Waals surface area (Å²) in [5.41, 5.74) is 0. The number of quaternary nitrogens is 1. The number of carbonyl (C=O) groups excluding carboxylic acids is 1. The molecule has 0 spiro atoms. The summed E-state index contributed by atoms with van der Waals surface area (Å²) >= 11 is 0. The average Bonchev–Trinajstić information content (AvgIpc) is 3.07. The van der Waals surface area contributed by atoms with Gasteiger partial charge in [0.2, 0.25) is 5.91 Å². The second kappa shape index (κ2) is 34.5. The van der Waals surface area contributed by atoms with E-state index in [1.165, 1.54) is 116 Å². The number of phosphoric ester groups is 1. The lowest BCUT2D eigenvalue weighted by atomic mass is 10.0. The molecular formula is C42H82N2O6P+. The number of nitrogens with zero attached hydrogens (tertiary/aromatic N) is 1. The Labute approximate surface area is 315 Å². The standard InChI is InChI=1S/C42H81N2O6P/c1-6-8-10-12-14-16-18-19-20-21-22-23-24-25-26-28-30-32-34-36-42(46)43-40(39-50-51(47,48)49-38-37-44(3,4)5)41(45)35-33-31-29-27-17-15-13-11-9-7-2/h17,19-20,27,33,35,40-41,45H,6-16,18,21-26,28-32,34,36-39H2,1-5H3,(H-,43,46,47,48)/p+1/b20-19+,27-17+,35-33+/t40-,41+/m0/s1. The molecular weight excluding hydrogens is 659 g/mol. The minimum atomic E-state index is -4.34. The van der Waals surface area contributed by atoms with Crippen molar-refractivity contribution in [2.24, 2.45) is 0 Å². The molecule has 300 valence electrons. The van der Waals surface area contributed by atoms with Gasteiger partial charge in [0, 0.05) is 6.42 Å². The van der Waals surface area contributed by atoms with Crippen LogP contribution in [0.15, 0.2) is 36.5 Å². The Balaban J connectivity index is 4.39. The van der Waals surface area contributed by atoms with Crippen LogP contribution < -0.4 is 5.32 Å². The first-order valence-corrected chi connectivity index (χ1v) is 22.4. The number of nitrogens with one attached hydrogen (secondary N) is 1. The highest BCUT2D eigenvalue weighted by Crippen LogP contribution is 2.43. The second-order valence-electron chi connectivity index (χ2n) is 15.4. The third-order valence-electron chi connectivity index (χ3n) is 9.08.